The maximum Gasteiger partial charge on any atom is 0.241 e. The first-order chi connectivity index (χ1) is 8.65. The second-order valence-corrected chi connectivity index (χ2v) is 4.00. The molecule has 94 valence electrons. The van der Waals surface area contributed by atoms with Crippen molar-refractivity contribution < 1.29 is 9.47 Å². The molecule has 0 fully saturated rings. The van der Waals surface area contributed by atoms with E-state index in [2.05, 4.69) is 9.97 Å². The van der Waals surface area contributed by atoms with E-state index in [0.29, 0.717) is 23.2 Å². The largest absolute Gasteiger partial charge is 0.474 e. The Morgan fingerprint density at radius 2 is 1.83 bits per heavy atom. The van der Waals surface area contributed by atoms with Crippen LogP contribution >= 0.6 is 0 Å². The van der Waals surface area contributed by atoms with Gasteiger partial charge in [-0.3, -0.25) is 4.98 Å². The fourth-order valence-electron chi connectivity index (χ4n) is 1.36. The Kier molecular flexibility index (Phi) is 3.62. The zero-order valence-corrected chi connectivity index (χ0v) is 10.3. The van der Waals surface area contributed by atoms with Crippen LogP contribution in [-0.4, -0.2) is 16.1 Å². The van der Waals surface area contributed by atoms with Gasteiger partial charge in [-0.15, -0.1) is 0 Å². The van der Waals surface area contributed by atoms with Crippen LogP contribution in [0.4, 0.5) is 5.69 Å². The Balaban J connectivity index is 2.17. The lowest BCUT2D eigenvalue weighted by molar-refractivity contribution is 0.229. The summed E-state index contributed by atoms with van der Waals surface area (Å²) in [4.78, 5) is 8.20. The number of para-hydroxylation sites is 2. The second-order valence-electron chi connectivity index (χ2n) is 4.00. The average Bonchev–Trinajstić information content (AvgIpc) is 2.32. The molecule has 0 unspecified atom stereocenters. The highest BCUT2D eigenvalue weighted by Crippen LogP contribution is 2.26. The fraction of sp³-hybridized carbons (Fsp3) is 0.231. The summed E-state index contributed by atoms with van der Waals surface area (Å²) in [6, 6.07) is 7.21. The van der Waals surface area contributed by atoms with Crippen molar-refractivity contribution in [3.8, 4) is 17.5 Å². The molecule has 0 amide bonds. The van der Waals surface area contributed by atoms with Gasteiger partial charge >= 0.3 is 0 Å². The molecule has 0 saturated heterocycles. The van der Waals surface area contributed by atoms with Crippen LogP contribution in [0, 0.1) is 0 Å². The van der Waals surface area contributed by atoms with Gasteiger partial charge in [0.25, 0.3) is 0 Å². The summed E-state index contributed by atoms with van der Waals surface area (Å²) in [5.74, 6) is 1.33. The number of benzene rings is 1. The SMILES string of the molecule is CC(C)Oc1cncc(Oc2ccccc2N)n1. The van der Waals surface area contributed by atoms with Crippen molar-refractivity contribution in [3.63, 3.8) is 0 Å². The van der Waals surface area contributed by atoms with Crippen molar-refractivity contribution in [1.82, 2.24) is 9.97 Å². The van der Waals surface area contributed by atoms with Gasteiger partial charge < -0.3 is 15.2 Å². The molecule has 0 spiro atoms. The molecule has 0 aliphatic rings. The van der Waals surface area contributed by atoms with Gasteiger partial charge in [0.2, 0.25) is 11.8 Å². The zero-order chi connectivity index (χ0) is 13.0. The van der Waals surface area contributed by atoms with Crippen molar-refractivity contribution in [1.29, 1.82) is 0 Å². The van der Waals surface area contributed by atoms with E-state index in [-0.39, 0.29) is 6.10 Å². The minimum Gasteiger partial charge on any atom is -0.474 e. The summed E-state index contributed by atoms with van der Waals surface area (Å²) in [6.45, 7) is 3.84. The van der Waals surface area contributed by atoms with Gasteiger partial charge in [-0.2, -0.15) is 4.98 Å². The van der Waals surface area contributed by atoms with E-state index in [1.165, 1.54) is 6.20 Å². The Morgan fingerprint density at radius 3 is 2.56 bits per heavy atom. The summed E-state index contributed by atoms with van der Waals surface area (Å²) < 4.78 is 11.0. The maximum atomic E-state index is 5.78. The van der Waals surface area contributed by atoms with Crippen LogP contribution in [-0.2, 0) is 0 Å². The molecule has 1 aromatic carbocycles. The van der Waals surface area contributed by atoms with Crippen LogP contribution in [0.5, 0.6) is 17.5 Å². The van der Waals surface area contributed by atoms with Crippen molar-refractivity contribution in [2.45, 2.75) is 20.0 Å². The van der Waals surface area contributed by atoms with Crippen LogP contribution in [0.2, 0.25) is 0 Å². The Bertz CT molecular complexity index is 529. The summed E-state index contributed by atoms with van der Waals surface area (Å²) in [7, 11) is 0. The number of nitrogens with two attached hydrogens (primary N) is 1. The van der Waals surface area contributed by atoms with E-state index in [1.54, 1.807) is 18.3 Å². The predicted molar refractivity (Wildman–Crippen MR) is 68.7 cm³/mol. The number of nitrogens with zero attached hydrogens (tertiary/aromatic N) is 2. The molecule has 0 atom stereocenters. The van der Waals surface area contributed by atoms with Gasteiger partial charge in [-0.25, -0.2) is 0 Å². The Hall–Kier alpha value is -2.30. The highest BCUT2D eigenvalue weighted by molar-refractivity contribution is 5.52. The molecule has 5 heteroatoms. The topological polar surface area (TPSA) is 70.3 Å². The van der Waals surface area contributed by atoms with E-state index in [1.807, 2.05) is 26.0 Å². The molecule has 0 bridgehead atoms. The first-order valence-electron chi connectivity index (χ1n) is 5.66. The lowest BCUT2D eigenvalue weighted by atomic mass is 10.3. The third-order valence-electron chi connectivity index (χ3n) is 2.08. The maximum absolute atomic E-state index is 5.78. The predicted octanol–water partition coefficient (Wildman–Crippen LogP) is 2.64. The van der Waals surface area contributed by atoms with Gasteiger partial charge in [-0.05, 0) is 26.0 Å². The lowest BCUT2D eigenvalue weighted by Crippen LogP contribution is -2.07. The average molecular weight is 245 g/mol. The lowest BCUT2D eigenvalue weighted by Gasteiger charge is -2.10. The summed E-state index contributed by atoms with van der Waals surface area (Å²) in [6.07, 6.45) is 3.09. The normalized spacial score (nSPS) is 10.4. The van der Waals surface area contributed by atoms with Gasteiger partial charge in [-0.1, -0.05) is 12.1 Å². The third kappa shape index (κ3) is 3.10. The number of nitrogen functional groups attached to an aromatic ring is 1. The number of anilines is 1. The second kappa shape index (κ2) is 5.35. The number of aromatic nitrogens is 2. The fourth-order valence-corrected chi connectivity index (χ4v) is 1.36. The van der Waals surface area contributed by atoms with Gasteiger partial charge in [0.1, 0.15) is 0 Å². The Labute approximate surface area is 106 Å². The number of ether oxygens (including phenoxy) is 2. The smallest absolute Gasteiger partial charge is 0.241 e. The van der Waals surface area contributed by atoms with E-state index >= 15 is 0 Å². The standard InChI is InChI=1S/C13H15N3O2/c1-9(2)17-12-7-15-8-13(16-12)18-11-6-4-3-5-10(11)14/h3-9H,14H2,1-2H3. The molecule has 2 rings (SSSR count). The molecule has 0 aliphatic heterocycles. The van der Waals surface area contributed by atoms with Crippen LogP contribution in [0.3, 0.4) is 0 Å². The van der Waals surface area contributed by atoms with Gasteiger partial charge in [0, 0.05) is 0 Å². The van der Waals surface area contributed by atoms with Crippen molar-refractivity contribution >= 4 is 5.69 Å². The molecule has 2 aromatic rings. The summed E-state index contributed by atoms with van der Waals surface area (Å²) in [5, 5.41) is 0. The molecule has 0 saturated carbocycles. The van der Waals surface area contributed by atoms with E-state index in [0.717, 1.165) is 0 Å². The minimum atomic E-state index is 0.0383. The summed E-state index contributed by atoms with van der Waals surface area (Å²) in [5.41, 5.74) is 6.33. The molecule has 0 radical (unpaired) electrons. The number of rotatable bonds is 4. The molecular formula is C13H15N3O2. The minimum absolute atomic E-state index is 0.0383. The van der Waals surface area contributed by atoms with Crippen LogP contribution in [0.25, 0.3) is 0 Å². The Morgan fingerprint density at radius 1 is 1.11 bits per heavy atom. The van der Waals surface area contributed by atoms with E-state index in [4.69, 9.17) is 15.2 Å². The third-order valence-corrected chi connectivity index (χ3v) is 2.08. The quantitative estimate of drug-likeness (QED) is 0.838. The molecule has 1 aromatic heterocycles. The molecule has 0 aliphatic carbocycles. The highest BCUT2D eigenvalue weighted by atomic mass is 16.5. The van der Waals surface area contributed by atoms with Crippen LogP contribution < -0.4 is 15.2 Å². The van der Waals surface area contributed by atoms with Gasteiger partial charge in [0.05, 0.1) is 24.2 Å². The summed E-state index contributed by atoms with van der Waals surface area (Å²) >= 11 is 0. The number of hydrogen-bond acceptors (Lipinski definition) is 5. The van der Waals surface area contributed by atoms with Crippen molar-refractivity contribution in [3.05, 3.63) is 36.7 Å². The highest BCUT2D eigenvalue weighted by Gasteiger charge is 2.05. The van der Waals surface area contributed by atoms with Crippen molar-refractivity contribution in [2.75, 3.05) is 5.73 Å². The van der Waals surface area contributed by atoms with Crippen LogP contribution in [0.1, 0.15) is 13.8 Å². The van der Waals surface area contributed by atoms with Gasteiger partial charge in [0.15, 0.2) is 5.75 Å². The van der Waals surface area contributed by atoms with Crippen LogP contribution in [0.15, 0.2) is 36.7 Å². The van der Waals surface area contributed by atoms with Crippen molar-refractivity contribution in [2.24, 2.45) is 0 Å². The number of hydrogen-bond donors (Lipinski definition) is 1. The van der Waals surface area contributed by atoms with E-state index in [9.17, 15) is 0 Å². The molecular weight excluding hydrogens is 230 g/mol. The molecule has 2 N–H and O–H groups in total. The first-order valence-corrected chi connectivity index (χ1v) is 5.66. The molecule has 1 heterocycles. The van der Waals surface area contributed by atoms with E-state index < -0.39 is 0 Å². The first kappa shape index (κ1) is 12.2. The zero-order valence-electron chi connectivity index (χ0n) is 10.3. The molecule has 5 nitrogen and oxygen atoms in total. The molecule has 18 heavy (non-hydrogen) atoms. The monoisotopic (exact) mass is 245 g/mol.